The SMILES string of the molecule is CCNCCNC(=O)c1ncoc1-c1ccc2c(c1)OCCO2.Cl.Cl. The third-order valence-electron chi connectivity index (χ3n) is 3.42. The van der Waals surface area contributed by atoms with Gasteiger partial charge in [-0.15, -0.1) is 24.8 Å². The van der Waals surface area contributed by atoms with Crippen LogP contribution in [0.2, 0.25) is 0 Å². The number of hydrogen-bond donors (Lipinski definition) is 2. The van der Waals surface area contributed by atoms with Crippen LogP contribution in [-0.2, 0) is 0 Å². The summed E-state index contributed by atoms with van der Waals surface area (Å²) < 4.78 is 16.5. The molecule has 0 atom stereocenters. The van der Waals surface area contributed by atoms with E-state index in [0.29, 0.717) is 43.6 Å². The number of ether oxygens (including phenoxy) is 2. The average Bonchev–Trinajstić information content (AvgIpc) is 3.08. The topological polar surface area (TPSA) is 85.6 Å². The molecule has 1 amide bonds. The number of aromatic nitrogens is 1. The van der Waals surface area contributed by atoms with Crippen LogP contribution in [0.5, 0.6) is 11.5 Å². The first-order valence-corrected chi connectivity index (χ1v) is 7.62. The summed E-state index contributed by atoms with van der Waals surface area (Å²) in [6.45, 7) is 5.15. The number of halogens is 2. The van der Waals surface area contributed by atoms with Crippen LogP contribution in [0.1, 0.15) is 17.4 Å². The molecule has 2 heterocycles. The van der Waals surface area contributed by atoms with E-state index in [1.807, 2.05) is 13.0 Å². The van der Waals surface area contributed by atoms with Crippen LogP contribution < -0.4 is 20.1 Å². The zero-order chi connectivity index (χ0) is 16.1. The number of benzene rings is 1. The van der Waals surface area contributed by atoms with Gasteiger partial charge in [-0.2, -0.15) is 0 Å². The summed E-state index contributed by atoms with van der Waals surface area (Å²) in [5, 5.41) is 5.95. The van der Waals surface area contributed by atoms with Gasteiger partial charge in [0.15, 0.2) is 29.3 Å². The lowest BCUT2D eigenvalue weighted by Gasteiger charge is -2.18. The van der Waals surface area contributed by atoms with Crippen molar-refractivity contribution in [3.05, 3.63) is 30.3 Å². The molecule has 3 rings (SSSR count). The summed E-state index contributed by atoms with van der Waals surface area (Å²) in [6.07, 6.45) is 1.27. The fraction of sp³-hybridized carbons (Fsp3) is 0.375. The monoisotopic (exact) mass is 389 g/mol. The van der Waals surface area contributed by atoms with Gasteiger partial charge in [-0.05, 0) is 24.7 Å². The number of amides is 1. The highest BCUT2D eigenvalue weighted by molar-refractivity contribution is 5.97. The van der Waals surface area contributed by atoms with Crippen LogP contribution in [0.25, 0.3) is 11.3 Å². The van der Waals surface area contributed by atoms with Crippen molar-refractivity contribution >= 4 is 30.7 Å². The van der Waals surface area contributed by atoms with Crippen LogP contribution in [0, 0.1) is 0 Å². The predicted molar refractivity (Wildman–Crippen MR) is 98.3 cm³/mol. The maximum absolute atomic E-state index is 12.2. The molecular formula is C16H21Cl2N3O4. The minimum atomic E-state index is -0.262. The van der Waals surface area contributed by atoms with Crippen LogP contribution >= 0.6 is 24.8 Å². The predicted octanol–water partition coefficient (Wildman–Crippen LogP) is 2.30. The number of nitrogens with zero attached hydrogens (tertiary/aromatic N) is 1. The molecule has 0 radical (unpaired) electrons. The molecule has 1 aromatic carbocycles. The number of rotatable bonds is 6. The van der Waals surface area contributed by atoms with Gasteiger partial charge in [-0.3, -0.25) is 4.79 Å². The smallest absolute Gasteiger partial charge is 0.273 e. The lowest BCUT2D eigenvalue weighted by molar-refractivity contribution is 0.0950. The Kier molecular flexibility index (Phi) is 8.54. The molecule has 1 aliphatic heterocycles. The fourth-order valence-electron chi connectivity index (χ4n) is 2.32. The third kappa shape index (κ3) is 5.01. The van der Waals surface area contributed by atoms with Crippen molar-refractivity contribution in [1.29, 1.82) is 0 Å². The number of hydrogen-bond acceptors (Lipinski definition) is 6. The van der Waals surface area contributed by atoms with Crippen molar-refractivity contribution in [3.8, 4) is 22.8 Å². The van der Waals surface area contributed by atoms with Gasteiger partial charge in [-0.25, -0.2) is 4.98 Å². The van der Waals surface area contributed by atoms with Gasteiger partial charge in [0.2, 0.25) is 0 Å². The highest BCUT2D eigenvalue weighted by Gasteiger charge is 2.20. The molecule has 0 spiro atoms. The molecule has 7 nitrogen and oxygen atoms in total. The number of nitrogens with one attached hydrogen (secondary N) is 2. The lowest BCUT2D eigenvalue weighted by Crippen LogP contribution is -2.32. The molecule has 1 aliphatic rings. The molecule has 9 heteroatoms. The second kappa shape index (κ2) is 10.1. The van der Waals surface area contributed by atoms with E-state index in [4.69, 9.17) is 13.9 Å². The molecule has 138 valence electrons. The van der Waals surface area contributed by atoms with Crippen molar-refractivity contribution in [2.24, 2.45) is 0 Å². The number of oxazole rings is 1. The molecule has 1 aromatic heterocycles. The molecule has 25 heavy (non-hydrogen) atoms. The van der Waals surface area contributed by atoms with E-state index in [1.165, 1.54) is 6.39 Å². The second-order valence-electron chi connectivity index (χ2n) is 5.00. The van der Waals surface area contributed by atoms with Gasteiger partial charge in [0.25, 0.3) is 5.91 Å². The Hall–Kier alpha value is -1.96. The van der Waals surface area contributed by atoms with Crippen molar-refractivity contribution in [3.63, 3.8) is 0 Å². The molecule has 0 fully saturated rings. The zero-order valence-electron chi connectivity index (χ0n) is 13.7. The van der Waals surface area contributed by atoms with Crippen LogP contribution in [0.4, 0.5) is 0 Å². The van der Waals surface area contributed by atoms with E-state index in [-0.39, 0.29) is 36.4 Å². The molecule has 0 saturated carbocycles. The molecule has 0 bridgehead atoms. The van der Waals surface area contributed by atoms with Crippen molar-refractivity contribution in [2.45, 2.75) is 6.92 Å². The van der Waals surface area contributed by atoms with E-state index >= 15 is 0 Å². The van der Waals surface area contributed by atoms with Crippen molar-refractivity contribution < 1.29 is 18.7 Å². The Morgan fingerprint density at radius 1 is 1.16 bits per heavy atom. The van der Waals surface area contributed by atoms with Gasteiger partial charge in [0.05, 0.1) is 0 Å². The standard InChI is InChI=1S/C16H19N3O4.2ClH/c1-2-17-5-6-18-16(20)14-15(23-10-19-14)11-3-4-12-13(9-11)22-8-7-21-12;;/h3-4,9-10,17H,2,5-8H2,1H3,(H,18,20);2*1H. The summed E-state index contributed by atoms with van der Waals surface area (Å²) in [5.41, 5.74) is 0.988. The number of fused-ring (bicyclic) bond motifs is 1. The lowest BCUT2D eigenvalue weighted by atomic mass is 10.1. The van der Waals surface area contributed by atoms with Crippen molar-refractivity contribution in [2.75, 3.05) is 32.8 Å². The zero-order valence-corrected chi connectivity index (χ0v) is 15.4. The summed E-state index contributed by atoms with van der Waals surface area (Å²) in [5.74, 6) is 1.49. The van der Waals surface area contributed by atoms with Gasteiger partial charge in [-0.1, -0.05) is 6.92 Å². The Bertz CT molecular complexity index is 694. The number of likely N-dealkylation sites (N-methyl/N-ethyl adjacent to an activating group) is 1. The van der Waals surface area contributed by atoms with Gasteiger partial charge >= 0.3 is 0 Å². The van der Waals surface area contributed by atoms with Crippen LogP contribution in [-0.4, -0.2) is 43.7 Å². The molecule has 2 aromatic rings. The summed E-state index contributed by atoms with van der Waals surface area (Å²) in [6, 6.07) is 5.42. The summed E-state index contributed by atoms with van der Waals surface area (Å²) >= 11 is 0. The van der Waals surface area contributed by atoms with Crippen molar-refractivity contribution in [1.82, 2.24) is 15.6 Å². The quantitative estimate of drug-likeness (QED) is 0.737. The van der Waals surface area contributed by atoms with Crippen LogP contribution in [0.15, 0.2) is 29.0 Å². The van der Waals surface area contributed by atoms with E-state index in [2.05, 4.69) is 15.6 Å². The molecule has 0 aliphatic carbocycles. The molecule has 2 N–H and O–H groups in total. The fourth-order valence-corrected chi connectivity index (χ4v) is 2.32. The molecule has 0 saturated heterocycles. The van der Waals surface area contributed by atoms with E-state index in [0.717, 1.165) is 12.1 Å². The Balaban J connectivity index is 0.00000156. The van der Waals surface area contributed by atoms with Crippen LogP contribution in [0.3, 0.4) is 0 Å². The third-order valence-corrected chi connectivity index (χ3v) is 3.42. The first-order chi connectivity index (χ1) is 11.3. The number of carbonyl (C=O) groups excluding carboxylic acids is 1. The van der Waals surface area contributed by atoms with Gasteiger partial charge in [0, 0.05) is 18.7 Å². The Morgan fingerprint density at radius 3 is 2.68 bits per heavy atom. The highest BCUT2D eigenvalue weighted by atomic mass is 35.5. The van der Waals surface area contributed by atoms with Gasteiger partial charge in [0.1, 0.15) is 13.2 Å². The summed E-state index contributed by atoms with van der Waals surface area (Å²) in [4.78, 5) is 16.3. The minimum absolute atomic E-state index is 0. The first kappa shape index (κ1) is 21.1. The average molecular weight is 390 g/mol. The highest BCUT2D eigenvalue weighted by Crippen LogP contribution is 2.35. The van der Waals surface area contributed by atoms with E-state index < -0.39 is 0 Å². The maximum Gasteiger partial charge on any atom is 0.273 e. The van der Waals surface area contributed by atoms with E-state index in [9.17, 15) is 4.79 Å². The van der Waals surface area contributed by atoms with Gasteiger partial charge < -0.3 is 24.5 Å². The molecular weight excluding hydrogens is 369 g/mol. The Labute approximate surface area is 158 Å². The normalized spacial score (nSPS) is 11.9. The van der Waals surface area contributed by atoms with E-state index in [1.54, 1.807) is 12.1 Å². The first-order valence-electron chi connectivity index (χ1n) is 7.62. The summed E-state index contributed by atoms with van der Waals surface area (Å²) in [7, 11) is 0. The second-order valence-corrected chi connectivity index (χ2v) is 5.00. The minimum Gasteiger partial charge on any atom is -0.486 e. The number of carbonyl (C=O) groups is 1. The molecule has 0 unspecified atom stereocenters. The maximum atomic E-state index is 12.2. The largest absolute Gasteiger partial charge is 0.486 e. The Morgan fingerprint density at radius 2 is 1.92 bits per heavy atom.